The number of hydrogen-bond donors (Lipinski definition) is 0. The number of rotatable bonds is 6. The Morgan fingerprint density at radius 3 is 2.70 bits per heavy atom. The van der Waals surface area contributed by atoms with E-state index in [4.69, 9.17) is 4.74 Å². The zero-order valence-electron chi connectivity index (χ0n) is 16.6. The van der Waals surface area contributed by atoms with Gasteiger partial charge in [0.1, 0.15) is 0 Å². The zero-order valence-corrected chi connectivity index (χ0v) is 17.4. The number of aromatic nitrogens is 2. The monoisotopic (exact) mass is 421 g/mol. The Morgan fingerprint density at radius 2 is 1.93 bits per heavy atom. The van der Waals surface area contributed by atoms with E-state index in [1.807, 2.05) is 25.1 Å². The molecule has 4 rings (SSSR count). The third-order valence-corrected chi connectivity index (χ3v) is 5.82. The third kappa shape index (κ3) is 4.31. The summed E-state index contributed by atoms with van der Waals surface area (Å²) in [5, 5.41) is 0.570. The Morgan fingerprint density at radius 1 is 1.13 bits per heavy atom. The van der Waals surface area contributed by atoms with Crippen LogP contribution in [-0.4, -0.2) is 22.5 Å². The van der Waals surface area contributed by atoms with Crippen molar-refractivity contribution >= 4 is 32.6 Å². The normalized spacial score (nSPS) is 10.9. The predicted molar refractivity (Wildman–Crippen MR) is 116 cm³/mol. The van der Waals surface area contributed by atoms with Crippen LogP contribution >= 0.6 is 11.3 Å². The van der Waals surface area contributed by atoms with Gasteiger partial charge in [0.05, 0.1) is 16.8 Å². The molecule has 30 heavy (non-hydrogen) atoms. The summed E-state index contributed by atoms with van der Waals surface area (Å²) in [6, 6.07) is 13.8. The summed E-state index contributed by atoms with van der Waals surface area (Å²) < 4.78 is 20.3. The average Bonchev–Trinajstić information content (AvgIpc) is 3.14. The molecule has 7 heteroatoms. The van der Waals surface area contributed by atoms with Crippen LogP contribution in [-0.2, 0) is 11.3 Å². The van der Waals surface area contributed by atoms with E-state index in [1.165, 1.54) is 29.0 Å². The van der Waals surface area contributed by atoms with Crippen LogP contribution in [0.1, 0.15) is 16.7 Å². The molecule has 0 aliphatic carbocycles. The molecule has 0 unspecified atom stereocenters. The van der Waals surface area contributed by atoms with Crippen LogP contribution < -0.4 is 9.64 Å². The second-order valence-corrected chi connectivity index (χ2v) is 7.97. The molecule has 5 nitrogen and oxygen atoms in total. The van der Waals surface area contributed by atoms with Gasteiger partial charge in [0.2, 0.25) is 0 Å². The number of pyridine rings is 1. The standard InChI is InChI=1S/C23H20FN3O2S/c1-15-10-19-21(11-16(15)2)30-23(26-19)27(13-17-6-5-9-25-12-17)22(28)14-29-20-8-4-3-7-18(20)24/h3-12H,13-14H2,1-2H3. The van der Waals surface area contributed by atoms with Crippen molar-refractivity contribution < 1.29 is 13.9 Å². The Hall–Kier alpha value is -3.32. The molecule has 152 valence electrons. The van der Waals surface area contributed by atoms with E-state index in [0.717, 1.165) is 21.3 Å². The molecule has 0 aliphatic heterocycles. The first kappa shape index (κ1) is 20.0. The van der Waals surface area contributed by atoms with Crippen LogP contribution in [0.25, 0.3) is 10.2 Å². The minimum atomic E-state index is -0.505. The number of thiazole rings is 1. The maximum absolute atomic E-state index is 13.9. The Labute approximate surface area is 177 Å². The van der Waals surface area contributed by atoms with Gasteiger partial charge in [-0.3, -0.25) is 14.7 Å². The minimum Gasteiger partial charge on any atom is -0.481 e. The molecule has 0 aliphatic rings. The van der Waals surface area contributed by atoms with Crippen molar-refractivity contribution in [2.75, 3.05) is 11.5 Å². The van der Waals surface area contributed by atoms with E-state index in [0.29, 0.717) is 11.7 Å². The number of hydrogen-bond acceptors (Lipinski definition) is 5. The van der Waals surface area contributed by atoms with Crippen molar-refractivity contribution in [3.8, 4) is 5.75 Å². The molecular formula is C23H20FN3O2S. The van der Waals surface area contributed by atoms with Crippen molar-refractivity contribution in [2.45, 2.75) is 20.4 Å². The lowest BCUT2D eigenvalue weighted by Gasteiger charge is -2.20. The lowest BCUT2D eigenvalue weighted by atomic mass is 10.1. The van der Waals surface area contributed by atoms with Crippen molar-refractivity contribution in [1.29, 1.82) is 0 Å². The van der Waals surface area contributed by atoms with Crippen molar-refractivity contribution in [3.05, 3.63) is 83.4 Å². The number of halogens is 1. The summed E-state index contributed by atoms with van der Waals surface area (Å²) in [5.41, 5.74) is 4.03. The molecular weight excluding hydrogens is 401 g/mol. The van der Waals surface area contributed by atoms with Crippen molar-refractivity contribution in [3.63, 3.8) is 0 Å². The molecule has 2 aromatic carbocycles. The number of para-hydroxylation sites is 1. The molecule has 4 aromatic rings. The third-order valence-electron chi connectivity index (χ3n) is 4.78. The first-order valence-electron chi connectivity index (χ1n) is 9.45. The highest BCUT2D eigenvalue weighted by Gasteiger charge is 2.21. The number of benzene rings is 2. The fourth-order valence-electron chi connectivity index (χ4n) is 3.00. The van der Waals surface area contributed by atoms with Crippen molar-refractivity contribution in [1.82, 2.24) is 9.97 Å². The first-order chi connectivity index (χ1) is 14.5. The number of anilines is 1. The lowest BCUT2D eigenvalue weighted by molar-refractivity contribution is -0.120. The van der Waals surface area contributed by atoms with E-state index in [9.17, 15) is 9.18 Å². The maximum atomic E-state index is 13.9. The van der Waals surface area contributed by atoms with Gasteiger partial charge < -0.3 is 4.74 Å². The second kappa shape index (κ2) is 8.59. The average molecular weight is 421 g/mol. The Balaban J connectivity index is 1.64. The topological polar surface area (TPSA) is 55.3 Å². The molecule has 1 amide bonds. The molecule has 0 atom stereocenters. The highest BCUT2D eigenvalue weighted by Crippen LogP contribution is 2.32. The van der Waals surface area contributed by atoms with Gasteiger partial charge in [0, 0.05) is 12.4 Å². The van der Waals surface area contributed by atoms with Crippen LogP contribution in [0, 0.1) is 19.7 Å². The van der Waals surface area contributed by atoms with E-state index in [-0.39, 0.29) is 18.3 Å². The molecule has 0 bridgehead atoms. The van der Waals surface area contributed by atoms with Gasteiger partial charge in [-0.15, -0.1) is 0 Å². The number of nitrogens with zero attached hydrogens (tertiary/aromatic N) is 3. The van der Waals surface area contributed by atoms with E-state index < -0.39 is 5.82 Å². The van der Waals surface area contributed by atoms with Crippen molar-refractivity contribution in [2.24, 2.45) is 0 Å². The molecule has 2 aromatic heterocycles. The largest absolute Gasteiger partial charge is 0.481 e. The van der Waals surface area contributed by atoms with Gasteiger partial charge in [-0.05, 0) is 60.9 Å². The van der Waals surface area contributed by atoms with Crippen LogP contribution in [0.4, 0.5) is 9.52 Å². The molecule has 0 radical (unpaired) electrons. The summed E-state index contributed by atoms with van der Waals surface area (Å²) in [6.07, 6.45) is 3.39. The van der Waals surface area contributed by atoms with Gasteiger partial charge in [0.25, 0.3) is 5.91 Å². The number of amides is 1. The number of aryl methyl sites for hydroxylation is 2. The summed E-state index contributed by atoms with van der Waals surface area (Å²) in [5.74, 6) is -0.771. The van der Waals surface area contributed by atoms with E-state index >= 15 is 0 Å². The summed E-state index contributed by atoms with van der Waals surface area (Å²) in [6.45, 7) is 4.09. The maximum Gasteiger partial charge on any atom is 0.267 e. The molecule has 0 spiro atoms. The molecule has 2 heterocycles. The van der Waals surface area contributed by atoms with E-state index in [1.54, 1.807) is 29.4 Å². The second-order valence-electron chi connectivity index (χ2n) is 6.96. The number of carbonyl (C=O) groups excluding carboxylic acids is 1. The van der Waals surface area contributed by atoms with Crippen LogP contribution in [0.5, 0.6) is 5.75 Å². The number of carbonyl (C=O) groups is 1. The molecule has 0 saturated heterocycles. The summed E-state index contributed by atoms with van der Waals surface area (Å²) in [4.78, 5) is 23.4. The van der Waals surface area contributed by atoms with Gasteiger partial charge in [-0.1, -0.05) is 29.5 Å². The SMILES string of the molecule is Cc1cc2nc(N(Cc3cccnc3)C(=O)COc3ccccc3F)sc2cc1C. The highest BCUT2D eigenvalue weighted by molar-refractivity contribution is 7.22. The predicted octanol–water partition coefficient (Wildman–Crippen LogP) is 5.06. The van der Waals surface area contributed by atoms with Gasteiger partial charge in [-0.2, -0.15) is 0 Å². The number of ether oxygens (including phenoxy) is 1. The highest BCUT2D eigenvalue weighted by atomic mass is 32.1. The van der Waals surface area contributed by atoms with E-state index in [2.05, 4.69) is 23.0 Å². The van der Waals surface area contributed by atoms with Gasteiger partial charge in [-0.25, -0.2) is 9.37 Å². The Kier molecular flexibility index (Phi) is 5.72. The first-order valence-corrected chi connectivity index (χ1v) is 10.3. The lowest BCUT2D eigenvalue weighted by Crippen LogP contribution is -2.34. The summed E-state index contributed by atoms with van der Waals surface area (Å²) in [7, 11) is 0. The minimum absolute atomic E-state index is 0.0442. The Bertz CT molecular complexity index is 1150. The van der Waals surface area contributed by atoms with Crippen LogP contribution in [0.3, 0.4) is 0 Å². The zero-order chi connectivity index (χ0) is 21.1. The van der Waals surface area contributed by atoms with Crippen LogP contribution in [0.15, 0.2) is 60.9 Å². The smallest absolute Gasteiger partial charge is 0.267 e. The molecule has 0 N–H and O–H groups in total. The van der Waals surface area contributed by atoms with Crippen LogP contribution in [0.2, 0.25) is 0 Å². The molecule has 0 saturated carbocycles. The number of fused-ring (bicyclic) bond motifs is 1. The fraction of sp³-hybridized carbons (Fsp3) is 0.174. The van der Waals surface area contributed by atoms with Gasteiger partial charge >= 0.3 is 0 Å². The molecule has 0 fully saturated rings. The summed E-state index contributed by atoms with van der Waals surface area (Å²) >= 11 is 1.44. The van der Waals surface area contributed by atoms with Gasteiger partial charge in [0.15, 0.2) is 23.3 Å². The fourth-order valence-corrected chi connectivity index (χ4v) is 4.06. The quantitative estimate of drug-likeness (QED) is 0.437.